The normalized spacial score (nSPS) is 10.3. The van der Waals surface area contributed by atoms with Crippen LogP contribution in [-0.2, 0) is 4.74 Å². The molecule has 0 unspecified atom stereocenters. The fourth-order valence-electron chi connectivity index (χ4n) is 2.29. The van der Waals surface area contributed by atoms with E-state index in [9.17, 15) is 4.79 Å². The van der Waals surface area contributed by atoms with Crippen LogP contribution in [0.1, 0.15) is 23.7 Å². The number of benzene rings is 2. The second-order valence-corrected chi connectivity index (χ2v) is 7.64. The Hall–Kier alpha value is -1.79. The van der Waals surface area contributed by atoms with E-state index >= 15 is 0 Å². The number of halogens is 4. The van der Waals surface area contributed by atoms with Crippen molar-refractivity contribution in [2.24, 2.45) is 0 Å². The SMILES string of the molecule is CCOc1ccc(C(=O)OCCCOc2c(Cl)cc(OCC=C(Cl)Cl)cc2Cl)cc1. The first-order valence-electron chi connectivity index (χ1n) is 9.06. The molecule has 0 saturated heterocycles. The maximum Gasteiger partial charge on any atom is 0.338 e. The smallest absolute Gasteiger partial charge is 0.338 e. The van der Waals surface area contributed by atoms with Crippen LogP contribution in [-0.4, -0.2) is 32.4 Å². The summed E-state index contributed by atoms with van der Waals surface area (Å²) in [5, 5.41) is 0.592. The molecule has 0 fully saturated rings. The molecule has 0 aliphatic rings. The van der Waals surface area contributed by atoms with Gasteiger partial charge in [0.25, 0.3) is 0 Å². The van der Waals surface area contributed by atoms with Gasteiger partial charge in [0, 0.05) is 18.6 Å². The fraction of sp³-hybridized carbons (Fsp3) is 0.286. The van der Waals surface area contributed by atoms with Crippen molar-refractivity contribution in [3.63, 3.8) is 0 Å². The van der Waals surface area contributed by atoms with Gasteiger partial charge in [0.2, 0.25) is 0 Å². The van der Waals surface area contributed by atoms with Crippen LogP contribution in [0.4, 0.5) is 0 Å². The van der Waals surface area contributed by atoms with Gasteiger partial charge < -0.3 is 18.9 Å². The van der Waals surface area contributed by atoms with Crippen LogP contribution >= 0.6 is 46.4 Å². The zero-order valence-electron chi connectivity index (χ0n) is 16.1. The molecule has 0 saturated carbocycles. The summed E-state index contributed by atoms with van der Waals surface area (Å²) in [6, 6.07) is 9.91. The van der Waals surface area contributed by atoms with E-state index in [1.54, 1.807) is 36.4 Å². The van der Waals surface area contributed by atoms with Crippen molar-refractivity contribution in [1.29, 1.82) is 0 Å². The number of esters is 1. The fourth-order valence-corrected chi connectivity index (χ4v) is 3.00. The van der Waals surface area contributed by atoms with Gasteiger partial charge in [-0.3, -0.25) is 0 Å². The average Bonchev–Trinajstić information content (AvgIpc) is 2.70. The molecular formula is C21H20Cl4O5. The monoisotopic (exact) mass is 492 g/mol. The number of ether oxygens (including phenoxy) is 4. The summed E-state index contributed by atoms with van der Waals surface area (Å²) in [5.41, 5.74) is 0.450. The maximum atomic E-state index is 12.0. The molecule has 0 radical (unpaired) electrons. The highest BCUT2D eigenvalue weighted by Gasteiger charge is 2.11. The Morgan fingerprint density at radius 2 is 1.60 bits per heavy atom. The van der Waals surface area contributed by atoms with E-state index in [1.807, 2.05) is 6.92 Å². The van der Waals surface area contributed by atoms with E-state index in [0.29, 0.717) is 45.9 Å². The van der Waals surface area contributed by atoms with Gasteiger partial charge in [-0.1, -0.05) is 46.4 Å². The van der Waals surface area contributed by atoms with Crippen LogP contribution in [0.5, 0.6) is 17.2 Å². The lowest BCUT2D eigenvalue weighted by Gasteiger charge is -2.12. The molecule has 2 aromatic rings. The minimum atomic E-state index is -0.415. The van der Waals surface area contributed by atoms with Crippen LogP contribution < -0.4 is 14.2 Å². The molecule has 0 heterocycles. The van der Waals surface area contributed by atoms with Crippen LogP contribution in [0, 0.1) is 0 Å². The number of carbonyl (C=O) groups is 1. The third-order valence-electron chi connectivity index (χ3n) is 3.63. The highest BCUT2D eigenvalue weighted by molar-refractivity contribution is 6.55. The summed E-state index contributed by atoms with van der Waals surface area (Å²) in [7, 11) is 0. The average molecular weight is 494 g/mol. The molecule has 0 aliphatic carbocycles. The second kappa shape index (κ2) is 12.8. The van der Waals surface area contributed by atoms with Crippen molar-refractivity contribution in [3.8, 4) is 17.2 Å². The topological polar surface area (TPSA) is 54.0 Å². The van der Waals surface area contributed by atoms with Crippen molar-refractivity contribution in [1.82, 2.24) is 0 Å². The van der Waals surface area contributed by atoms with Gasteiger partial charge >= 0.3 is 5.97 Å². The van der Waals surface area contributed by atoms with Gasteiger partial charge in [0.05, 0.1) is 35.4 Å². The Morgan fingerprint density at radius 1 is 0.933 bits per heavy atom. The van der Waals surface area contributed by atoms with Crippen LogP contribution in [0.15, 0.2) is 47.0 Å². The van der Waals surface area contributed by atoms with Crippen LogP contribution in [0.25, 0.3) is 0 Å². The summed E-state index contributed by atoms with van der Waals surface area (Å²) in [5.74, 6) is 1.07. The van der Waals surface area contributed by atoms with Crippen molar-refractivity contribution < 1.29 is 23.7 Å². The van der Waals surface area contributed by atoms with Crippen LogP contribution in [0.2, 0.25) is 10.0 Å². The first kappa shape index (κ1) is 24.5. The number of hydrogen-bond donors (Lipinski definition) is 0. The summed E-state index contributed by atoms with van der Waals surface area (Å²) < 4.78 is 21.7. The van der Waals surface area contributed by atoms with Crippen LogP contribution in [0.3, 0.4) is 0 Å². The molecule has 5 nitrogen and oxygen atoms in total. The Kier molecular flexibility index (Phi) is 10.4. The quantitative estimate of drug-likeness (QED) is 0.257. The molecule has 0 aromatic heterocycles. The summed E-state index contributed by atoms with van der Waals surface area (Å²) in [4.78, 5) is 12.0. The maximum absolute atomic E-state index is 12.0. The highest BCUT2D eigenvalue weighted by atomic mass is 35.5. The molecule has 9 heteroatoms. The standard InChI is InChI=1S/C21H20Cl4O5/c1-2-27-15-6-4-14(5-7-15)21(26)30-10-3-9-29-20-17(22)12-16(13-18(20)23)28-11-8-19(24)25/h4-8,12-13H,2-3,9-11H2,1H3. The van der Waals surface area contributed by atoms with Gasteiger partial charge in [0.15, 0.2) is 5.75 Å². The third-order valence-corrected chi connectivity index (χ3v) is 4.50. The molecule has 162 valence electrons. The van der Waals surface area contributed by atoms with E-state index in [4.69, 9.17) is 65.4 Å². The van der Waals surface area contributed by atoms with Crippen molar-refractivity contribution in [2.45, 2.75) is 13.3 Å². The molecule has 0 N–H and O–H groups in total. The first-order chi connectivity index (χ1) is 14.4. The van der Waals surface area contributed by atoms with Gasteiger partial charge in [-0.2, -0.15) is 0 Å². The number of carbonyl (C=O) groups excluding carboxylic acids is 1. The summed E-state index contributed by atoms with van der Waals surface area (Å²) in [6.07, 6.45) is 1.96. The molecule has 0 amide bonds. The molecule has 0 bridgehead atoms. The Bertz CT molecular complexity index is 841. The minimum Gasteiger partial charge on any atom is -0.494 e. The van der Waals surface area contributed by atoms with E-state index in [-0.39, 0.29) is 24.3 Å². The molecule has 2 aromatic carbocycles. The van der Waals surface area contributed by atoms with E-state index < -0.39 is 5.97 Å². The Balaban J connectivity index is 1.77. The van der Waals surface area contributed by atoms with Crippen molar-refractivity contribution in [2.75, 3.05) is 26.4 Å². The predicted octanol–water partition coefficient (Wildman–Crippen LogP) is 6.72. The first-order valence-corrected chi connectivity index (χ1v) is 10.6. The Morgan fingerprint density at radius 3 is 2.20 bits per heavy atom. The predicted molar refractivity (Wildman–Crippen MR) is 120 cm³/mol. The Labute approximate surface area is 195 Å². The van der Waals surface area contributed by atoms with Crippen molar-refractivity contribution in [3.05, 3.63) is 62.6 Å². The zero-order valence-corrected chi connectivity index (χ0v) is 19.2. The zero-order chi connectivity index (χ0) is 21.9. The summed E-state index contributed by atoms with van der Waals surface area (Å²) >= 11 is 23.5. The largest absolute Gasteiger partial charge is 0.494 e. The number of hydrogen-bond acceptors (Lipinski definition) is 5. The van der Waals surface area contributed by atoms with E-state index in [2.05, 4.69) is 0 Å². The third kappa shape index (κ3) is 8.15. The molecule has 0 atom stereocenters. The highest BCUT2D eigenvalue weighted by Crippen LogP contribution is 2.37. The summed E-state index contributed by atoms with van der Waals surface area (Å²) in [6.45, 7) is 3.08. The van der Waals surface area contributed by atoms with E-state index in [1.165, 1.54) is 6.08 Å². The molecule has 2 rings (SSSR count). The lowest BCUT2D eigenvalue weighted by molar-refractivity contribution is 0.0486. The van der Waals surface area contributed by atoms with Gasteiger partial charge in [-0.15, -0.1) is 0 Å². The molecule has 0 aliphatic heterocycles. The lowest BCUT2D eigenvalue weighted by Crippen LogP contribution is -2.09. The lowest BCUT2D eigenvalue weighted by atomic mass is 10.2. The number of rotatable bonds is 11. The molecule has 0 spiro atoms. The molecular weight excluding hydrogens is 474 g/mol. The minimum absolute atomic E-state index is 0.107. The van der Waals surface area contributed by atoms with E-state index in [0.717, 1.165) is 0 Å². The molecule has 30 heavy (non-hydrogen) atoms. The van der Waals surface area contributed by atoms with Gasteiger partial charge in [0.1, 0.15) is 22.6 Å². The van der Waals surface area contributed by atoms with Gasteiger partial charge in [-0.05, 0) is 37.3 Å². The van der Waals surface area contributed by atoms with Crippen molar-refractivity contribution >= 4 is 52.4 Å². The second-order valence-electron chi connectivity index (χ2n) is 5.82. The van der Waals surface area contributed by atoms with Gasteiger partial charge in [-0.25, -0.2) is 4.79 Å².